The highest BCUT2D eigenvalue weighted by Gasteiger charge is 2.13. The van der Waals surface area contributed by atoms with Crippen LogP contribution in [-0.2, 0) is 4.79 Å². The van der Waals surface area contributed by atoms with Gasteiger partial charge >= 0.3 is 0 Å². The van der Waals surface area contributed by atoms with Crippen LogP contribution < -0.4 is 5.32 Å². The van der Waals surface area contributed by atoms with E-state index < -0.39 is 0 Å². The largest absolute Gasteiger partial charge is 0.353 e. The molecule has 116 valence electrons. The molecule has 0 radical (unpaired) electrons. The third kappa shape index (κ3) is 2.71. The summed E-state index contributed by atoms with van der Waals surface area (Å²) in [5, 5.41) is 5.55. The summed E-state index contributed by atoms with van der Waals surface area (Å²) in [5.41, 5.74) is 2.91. The van der Waals surface area contributed by atoms with Gasteiger partial charge in [0.15, 0.2) is 0 Å². The van der Waals surface area contributed by atoms with Crippen molar-refractivity contribution in [1.82, 2.24) is 20.2 Å². The minimum Gasteiger partial charge on any atom is -0.353 e. The molecule has 23 heavy (non-hydrogen) atoms. The third-order valence-corrected chi connectivity index (χ3v) is 4.24. The van der Waals surface area contributed by atoms with Crippen molar-refractivity contribution >= 4 is 33.8 Å². The van der Waals surface area contributed by atoms with Crippen molar-refractivity contribution in [2.45, 2.75) is 0 Å². The maximum atomic E-state index is 12.2. The standard InChI is InChI=1S/C18H18N4O/c23-18(22-9-7-19-8-10-22)6-5-13-11-15-14-3-1-2-4-16(14)21-17(15)12-20-13/h1-6,11-12,19,21H,7-10H2/b6-5+. The first kappa shape index (κ1) is 14.0. The predicted molar refractivity (Wildman–Crippen MR) is 92.1 cm³/mol. The molecule has 0 bridgehead atoms. The molecule has 0 aliphatic carbocycles. The number of benzene rings is 1. The maximum absolute atomic E-state index is 12.2. The fourth-order valence-electron chi connectivity index (χ4n) is 3.00. The number of nitrogens with zero attached hydrogens (tertiary/aromatic N) is 2. The van der Waals surface area contributed by atoms with Crippen molar-refractivity contribution in [3.8, 4) is 0 Å². The van der Waals surface area contributed by atoms with Gasteiger partial charge in [-0.15, -0.1) is 0 Å². The van der Waals surface area contributed by atoms with E-state index >= 15 is 0 Å². The molecule has 1 aliphatic heterocycles. The molecule has 1 aromatic carbocycles. The molecule has 4 rings (SSSR count). The Bertz CT molecular complexity index is 890. The number of nitrogens with one attached hydrogen (secondary N) is 2. The summed E-state index contributed by atoms with van der Waals surface area (Å²) in [6, 6.07) is 10.2. The number of para-hydroxylation sites is 1. The van der Waals surface area contributed by atoms with Crippen LogP contribution in [0.2, 0.25) is 0 Å². The predicted octanol–water partition coefficient (Wildman–Crippen LogP) is 2.16. The highest BCUT2D eigenvalue weighted by molar-refractivity contribution is 6.07. The van der Waals surface area contributed by atoms with Gasteiger partial charge in [-0.05, 0) is 18.2 Å². The Morgan fingerprint density at radius 1 is 1.13 bits per heavy atom. The van der Waals surface area contributed by atoms with E-state index in [4.69, 9.17) is 0 Å². The Labute approximate surface area is 134 Å². The van der Waals surface area contributed by atoms with Gasteiger partial charge < -0.3 is 15.2 Å². The van der Waals surface area contributed by atoms with Crippen molar-refractivity contribution in [3.63, 3.8) is 0 Å². The molecule has 1 aliphatic rings. The Kier molecular flexibility index (Phi) is 3.55. The summed E-state index contributed by atoms with van der Waals surface area (Å²) in [7, 11) is 0. The van der Waals surface area contributed by atoms with Gasteiger partial charge in [-0.1, -0.05) is 18.2 Å². The summed E-state index contributed by atoms with van der Waals surface area (Å²) in [6.07, 6.45) is 5.24. The van der Waals surface area contributed by atoms with Gasteiger partial charge in [-0.25, -0.2) is 0 Å². The SMILES string of the molecule is O=C(/C=C/c1cc2c(cn1)[nH]c1ccccc12)N1CCNCC1. The second-order valence-corrected chi connectivity index (χ2v) is 5.73. The molecule has 2 N–H and O–H groups in total. The number of hydrogen-bond donors (Lipinski definition) is 2. The first-order valence-corrected chi connectivity index (χ1v) is 7.85. The second-order valence-electron chi connectivity index (χ2n) is 5.73. The van der Waals surface area contributed by atoms with Crippen LogP contribution >= 0.6 is 0 Å². The maximum Gasteiger partial charge on any atom is 0.246 e. The normalized spacial score (nSPS) is 15.7. The number of carbonyl (C=O) groups is 1. The van der Waals surface area contributed by atoms with Gasteiger partial charge in [0, 0.05) is 48.5 Å². The number of hydrogen-bond acceptors (Lipinski definition) is 3. The van der Waals surface area contributed by atoms with Crippen LogP contribution in [-0.4, -0.2) is 47.0 Å². The van der Waals surface area contributed by atoms with Crippen LogP contribution in [0.4, 0.5) is 0 Å². The van der Waals surface area contributed by atoms with Gasteiger partial charge in [0.1, 0.15) is 0 Å². The van der Waals surface area contributed by atoms with E-state index in [1.165, 1.54) is 5.39 Å². The molecular weight excluding hydrogens is 288 g/mol. The first-order chi connectivity index (χ1) is 11.3. The number of aromatic amines is 1. The zero-order valence-electron chi connectivity index (χ0n) is 12.7. The second kappa shape index (κ2) is 5.85. The molecular formula is C18H18N4O. The molecule has 3 heterocycles. The van der Waals surface area contributed by atoms with Crippen LogP contribution in [0.3, 0.4) is 0 Å². The molecule has 0 saturated carbocycles. The van der Waals surface area contributed by atoms with Gasteiger partial charge in [-0.3, -0.25) is 9.78 Å². The van der Waals surface area contributed by atoms with E-state index in [-0.39, 0.29) is 5.91 Å². The zero-order valence-corrected chi connectivity index (χ0v) is 12.7. The van der Waals surface area contributed by atoms with Crippen LogP contribution in [0.15, 0.2) is 42.6 Å². The fourth-order valence-corrected chi connectivity index (χ4v) is 3.00. The van der Waals surface area contributed by atoms with Gasteiger partial charge in [0.25, 0.3) is 0 Å². The van der Waals surface area contributed by atoms with Crippen LogP contribution in [0.5, 0.6) is 0 Å². The summed E-state index contributed by atoms with van der Waals surface area (Å²) in [6.45, 7) is 3.24. The highest BCUT2D eigenvalue weighted by Crippen LogP contribution is 2.25. The molecule has 0 unspecified atom stereocenters. The number of rotatable bonds is 2. The van der Waals surface area contributed by atoms with E-state index in [0.29, 0.717) is 0 Å². The Morgan fingerprint density at radius 3 is 2.83 bits per heavy atom. The van der Waals surface area contributed by atoms with Crippen molar-refractivity contribution < 1.29 is 4.79 Å². The summed E-state index contributed by atoms with van der Waals surface area (Å²) < 4.78 is 0. The fraction of sp³-hybridized carbons (Fsp3) is 0.222. The minimum absolute atomic E-state index is 0.0484. The lowest BCUT2D eigenvalue weighted by Gasteiger charge is -2.26. The molecule has 3 aromatic rings. The smallest absolute Gasteiger partial charge is 0.246 e. The number of H-pyrrole nitrogens is 1. The van der Waals surface area contributed by atoms with E-state index in [1.54, 1.807) is 12.2 Å². The first-order valence-electron chi connectivity index (χ1n) is 7.85. The zero-order chi connectivity index (χ0) is 15.6. The van der Waals surface area contributed by atoms with E-state index in [9.17, 15) is 4.79 Å². The molecule has 0 spiro atoms. The van der Waals surface area contributed by atoms with Gasteiger partial charge in [-0.2, -0.15) is 0 Å². The number of piperazine rings is 1. The third-order valence-electron chi connectivity index (χ3n) is 4.24. The van der Waals surface area contributed by atoms with Crippen molar-refractivity contribution in [1.29, 1.82) is 0 Å². The molecule has 2 aromatic heterocycles. The highest BCUT2D eigenvalue weighted by atomic mass is 16.2. The lowest BCUT2D eigenvalue weighted by molar-refractivity contribution is -0.126. The van der Waals surface area contributed by atoms with Crippen LogP contribution in [0, 0.1) is 0 Å². The van der Waals surface area contributed by atoms with E-state index in [1.807, 2.05) is 29.3 Å². The Morgan fingerprint density at radius 2 is 1.96 bits per heavy atom. The number of amides is 1. The summed E-state index contributed by atoms with van der Waals surface area (Å²) >= 11 is 0. The number of aromatic nitrogens is 2. The van der Waals surface area contributed by atoms with Crippen molar-refractivity contribution in [3.05, 3.63) is 48.3 Å². The summed E-state index contributed by atoms with van der Waals surface area (Å²) in [4.78, 5) is 21.8. The van der Waals surface area contributed by atoms with Gasteiger partial charge in [0.2, 0.25) is 5.91 Å². The van der Waals surface area contributed by atoms with Gasteiger partial charge in [0.05, 0.1) is 17.4 Å². The molecule has 5 nitrogen and oxygen atoms in total. The summed E-state index contributed by atoms with van der Waals surface area (Å²) in [5.74, 6) is 0.0484. The monoisotopic (exact) mass is 306 g/mol. The Balaban J connectivity index is 1.62. The number of fused-ring (bicyclic) bond motifs is 3. The average Bonchev–Trinajstić information content (AvgIpc) is 2.98. The molecule has 0 atom stereocenters. The number of pyridine rings is 1. The topological polar surface area (TPSA) is 61.0 Å². The van der Waals surface area contributed by atoms with E-state index in [0.717, 1.165) is 48.3 Å². The lowest BCUT2D eigenvalue weighted by atomic mass is 10.1. The molecule has 1 amide bonds. The van der Waals surface area contributed by atoms with E-state index in [2.05, 4.69) is 27.4 Å². The van der Waals surface area contributed by atoms with Crippen LogP contribution in [0.1, 0.15) is 5.69 Å². The average molecular weight is 306 g/mol. The van der Waals surface area contributed by atoms with Crippen molar-refractivity contribution in [2.75, 3.05) is 26.2 Å². The quantitative estimate of drug-likeness (QED) is 0.713. The van der Waals surface area contributed by atoms with Crippen LogP contribution in [0.25, 0.3) is 27.9 Å². The lowest BCUT2D eigenvalue weighted by Crippen LogP contribution is -2.45. The minimum atomic E-state index is 0.0484. The molecule has 5 heteroatoms. The Hall–Kier alpha value is -2.66. The van der Waals surface area contributed by atoms with Crippen molar-refractivity contribution in [2.24, 2.45) is 0 Å². The molecule has 1 fully saturated rings. The molecule has 1 saturated heterocycles. The number of carbonyl (C=O) groups excluding carboxylic acids is 1.